The molecule has 1 saturated carbocycles. The average molecular weight is 375 g/mol. The van der Waals surface area contributed by atoms with E-state index in [1.807, 2.05) is 0 Å². The fourth-order valence-corrected chi connectivity index (χ4v) is 5.35. The molecule has 1 N–H and O–H groups in total. The molecule has 0 bridgehead atoms. The predicted molar refractivity (Wildman–Crippen MR) is 99.5 cm³/mol. The molecule has 1 aliphatic heterocycles. The number of likely N-dealkylation sites (tertiary alicyclic amines) is 1. The second-order valence-electron chi connectivity index (χ2n) is 7.24. The molecule has 0 radical (unpaired) electrons. The lowest BCUT2D eigenvalue weighted by atomic mass is 9.68. The molecule has 7 heteroatoms. The predicted octanol–water partition coefficient (Wildman–Crippen LogP) is 2.68. The number of hydrogen-bond donors (Lipinski definition) is 1. The first-order chi connectivity index (χ1) is 12.6. The van der Waals surface area contributed by atoms with Crippen molar-refractivity contribution in [2.75, 3.05) is 27.3 Å². The monoisotopic (exact) mass is 375 g/mol. The lowest BCUT2D eigenvalue weighted by Crippen LogP contribution is -2.43. The Morgan fingerprint density at radius 1 is 1.35 bits per heavy atom. The summed E-state index contributed by atoms with van der Waals surface area (Å²) < 4.78 is 10.6. The Morgan fingerprint density at radius 2 is 2.23 bits per heavy atom. The maximum absolute atomic E-state index is 11.7. The number of fused-ring (bicyclic) bond motifs is 1. The summed E-state index contributed by atoms with van der Waals surface area (Å²) >= 11 is 1.79. The summed E-state index contributed by atoms with van der Waals surface area (Å²) in [4.78, 5) is 12.4. The van der Waals surface area contributed by atoms with E-state index in [1.54, 1.807) is 24.6 Å². The minimum Gasteiger partial charge on any atom is -0.481 e. The van der Waals surface area contributed by atoms with E-state index in [2.05, 4.69) is 32.4 Å². The van der Waals surface area contributed by atoms with Crippen LogP contribution in [0.2, 0.25) is 0 Å². The van der Waals surface area contributed by atoms with Gasteiger partial charge in [0.25, 0.3) is 0 Å². The Labute approximate surface area is 157 Å². The molecule has 2 aliphatic rings. The van der Waals surface area contributed by atoms with Gasteiger partial charge in [-0.3, -0.25) is 4.90 Å². The zero-order valence-corrected chi connectivity index (χ0v) is 16.0. The number of aliphatic hydroxyl groups is 1. The molecule has 2 aromatic heterocycles. The van der Waals surface area contributed by atoms with Gasteiger partial charge < -0.3 is 14.6 Å². The van der Waals surface area contributed by atoms with Crippen LogP contribution in [0.1, 0.15) is 29.7 Å². The summed E-state index contributed by atoms with van der Waals surface area (Å²) in [5, 5.41) is 13.8. The van der Waals surface area contributed by atoms with Crippen LogP contribution in [0.15, 0.2) is 23.7 Å². The molecule has 2 fully saturated rings. The Bertz CT molecular complexity index is 754. The number of nitrogens with zero attached hydrogens (tertiary/aromatic N) is 3. The van der Waals surface area contributed by atoms with Crippen molar-refractivity contribution in [1.82, 2.24) is 14.9 Å². The van der Waals surface area contributed by atoms with Crippen LogP contribution >= 0.6 is 11.3 Å². The summed E-state index contributed by atoms with van der Waals surface area (Å²) in [5.74, 6) is 1.07. The highest BCUT2D eigenvalue weighted by atomic mass is 32.1. The van der Waals surface area contributed by atoms with Crippen LogP contribution in [0, 0.1) is 11.8 Å². The molecular weight excluding hydrogens is 350 g/mol. The summed E-state index contributed by atoms with van der Waals surface area (Å²) in [6.45, 7) is 2.87. The SMILES string of the molecule is COc1ncc(C2(O)CCCC3CN(Cc4cccs4)CC32)c(OC)n1. The topological polar surface area (TPSA) is 67.7 Å². The maximum atomic E-state index is 11.7. The molecule has 0 aromatic carbocycles. The first-order valence-electron chi connectivity index (χ1n) is 9.06. The van der Waals surface area contributed by atoms with Crippen molar-refractivity contribution in [2.45, 2.75) is 31.4 Å². The van der Waals surface area contributed by atoms with Crippen LogP contribution in [0.3, 0.4) is 0 Å². The zero-order valence-electron chi connectivity index (χ0n) is 15.2. The van der Waals surface area contributed by atoms with Gasteiger partial charge in [-0.2, -0.15) is 4.98 Å². The van der Waals surface area contributed by atoms with E-state index >= 15 is 0 Å². The first kappa shape index (κ1) is 17.7. The first-order valence-corrected chi connectivity index (χ1v) is 9.94. The molecule has 3 atom stereocenters. The fourth-order valence-electron chi connectivity index (χ4n) is 4.60. The maximum Gasteiger partial charge on any atom is 0.319 e. The molecule has 3 unspecified atom stereocenters. The van der Waals surface area contributed by atoms with Gasteiger partial charge in [-0.1, -0.05) is 6.07 Å². The minimum atomic E-state index is -0.954. The summed E-state index contributed by atoms with van der Waals surface area (Å²) in [5.41, 5.74) is -0.265. The lowest BCUT2D eigenvalue weighted by molar-refractivity contribution is -0.0669. The quantitative estimate of drug-likeness (QED) is 0.867. The molecular formula is C19H25N3O3S. The van der Waals surface area contributed by atoms with Gasteiger partial charge in [-0.25, -0.2) is 4.98 Å². The van der Waals surface area contributed by atoms with Crippen molar-refractivity contribution in [3.05, 3.63) is 34.2 Å². The number of methoxy groups -OCH3 is 2. The third kappa shape index (κ3) is 3.08. The minimum absolute atomic E-state index is 0.169. The van der Waals surface area contributed by atoms with Gasteiger partial charge in [0.15, 0.2) is 0 Å². The highest BCUT2D eigenvalue weighted by Crippen LogP contribution is 2.50. The third-order valence-electron chi connectivity index (χ3n) is 5.80. The Hall–Kier alpha value is -1.70. The normalized spacial score (nSPS) is 28.7. The molecule has 2 aromatic rings. The molecule has 1 saturated heterocycles. The second-order valence-corrected chi connectivity index (χ2v) is 8.27. The Balaban J connectivity index is 1.61. The molecule has 0 amide bonds. The van der Waals surface area contributed by atoms with Crippen LogP contribution in [0.5, 0.6) is 11.9 Å². The second kappa shape index (κ2) is 7.13. The highest BCUT2D eigenvalue weighted by molar-refractivity contribution is 7.09. The van der Waals surface area contributed by atoms with Crippen LogP contribution in [-0.2, 0) is 12.1 Å². The number of rotatable bonds is 5. The van der Waals surface area contributed by atoms with Gasteiger partial charge in [0.05, 0.1) is 19.8 Å². The summed E-state index contributed by atoms with van der Waals surface area (Å²) in [6, 6.07) is 4.53. The van der Waals surface area contributed by atoms with E-state index in [4.69, 9.17) is 9.47 Å². The van der Waals surface area contributed by atoms with Gasteiger partial charge >= 0.3 is 6.01 Å². The van der Waals surface area contributed by atoms with Gasteiger partial charge in [-0.15, -0.1) is 11.3 Å². The van der Waals surface area contributed by atoms with Crippen molar-refractivity contribution in [2.24, 2.45) is 11.8 Å². The van der Waals surface area contributed by atoms with Crippen LogP contribution < -0.4 is 9.47 Å². The molecule has 4 rings (SSSR count). The molecule has 1 aliphatic carbocycles. The van der Waals surface area contributed by atoms with E-state index in [9.17, 15) is 5.11 Å². The largest absolute Gasteiger partial charge is 0.481 e. The molecule has 140 valence electrons. The molecule has 3 heterocycles. The highest BCUT2D eigenvalue weighted by Gasteiger charge is 2.51. The van der Waals surface area contributed by atoms with Crippen molar-refractivity contribution in [3.8, 4) is 11.9 Å². The lowest BCUT2D eigenvalue weighted by Gasteiger charge is -2.41. The summed E-state index contributed by atoms with van der Waals surface area (Å²) in [6.07, 6.45) is 4.55. The standard InChI is InChI=1S/C19H25N3O3S/c1-24-17-15(9-20-18(21-17)25-2)19(23)7-3-5-13-10-22(12-16(13)19)11-14-6-4-8-26-14/h4,6,8-9,13,16,23H,3,5,7,10-12H2,1-2H3. The van der Waals surface area contributed by atoms with Crippen LogP contribution in [0.4, 0.5) is 0 Å². The van der Waals surface area contributed by atoms with Crippen molar-refractivity contribution in [3.63, 3.8) is 0 Å². The molecule has 0 spiro atoms. The molecule has 6 nitrogen and oxygen atoms in total. The van der Waals surface area contributed by atoms with E-state index in [0.717, 1.165) is 32.5 Å². The van der Waals surface area contributed by atoms with E-state index in [-0.39, 0.29) is 11.9 Å². The van der Waals surface area contributed by atoms with Gasteiger partial charge in [0, 0.05) is 36.6 Å². The summed E-state index contributed by atoms with van der Waals surface area (Å²) in [7, 11) is 3.10. The smallest absolute Gasteiger partial charge is 0.319 e. The van der Waals surface area contributed by atoms with Crippen molar-refractivity contribution < 1.29 is 14.6 Å². The van der Waals surface area contributed by atoms with E-state index in [1.165, 1.54) is 12.0 Å². The van der Waals surface area contributed by atoms with E-state index < -0.39 is 5.60 Å². The van der Waals surface area contributed by atoms with Gasteiger partial charge in [0.2, 0.25) is 5.88 Å². The average Bonchev–Trinajstić information content (AvgIpc) is 3.31. The zero-order chi connectivity index (χ0) is 18.1. The van der Waals surface area contributed by atoms with Crippen molar-refractivity contribution >= 4 is 11.3 Å². The fraction of sp³-hybridized carbons (Fsp3) is 0.579. The van der Waals surface area contributed by atoms with Gasteiger partial charge in [0.1, 0.15) is 5.60 Å². The number of hydrogen-bond acceptors (Lipinski definition) is 7. The Morgan fingerprint density at radius 3 is 2.96 bits per heavy atom. The number of aromatic nitrogens is 2. The van der Waals surface area contributed by atoms with E-state index in [0.29, 0.717) is 23.8 Å². The van der Waals surface area contributed by atoms with Crippen LogP contribution in [0.25, 0.3) is 0 Å². The third-order valence-corrected chi connectivity index (χ3v) is 6.66. The van der Waals surface area contributed by atoms with Gasteiger partial charge in [-0.05, 0) is 36.6 Å². The molecule has 26 heavy (non-hydrogen) atoms. The number of ether oxygens (including phenoxy) is 2. The number of thiophene rings is 1. The Kier molecular flexibility index (Phi) is 4.86. The van der Waals surface area contributed by atoms with Crippen molar-refractivity contribution in [1.29, 1.82) is 0 Å². The van der Waals surface area contributed by atoms with Crippen LogP contribution in [-0.4, -0.2) is 47.3 Å².